The van der Waals surface area contributed by atoms with Crippen LogP contribution in [0.1, 0.15) is 31.2 Å². The zero-order valence-corrected chi connectivity index (χ0v) is 11.9. The van der Waals surface area contributed by atoms with Gasteiger partial charge in [-0.1, -0.05) is 31.0 Å². The van der Waals surface area contributed by atoms with Crippen molar-refractivity contribution < 1.29 is 14.8 Å². The van der Waals surface area contributed by atoms with E-state index in [-0.39, 0.29) is 10.6 Å². The number of aliphatic carboxylic acids is 1. The molecule has 6 nitrogen and oxygen atoms in total. The Morgan fingerprint density at radius 3 is 2.81 bits per heavy atom. The van der Waals surface area contributed by atoms with Gasteiger partial charge in [0.1, 0.15) is 6.04 Å². The first-order valence-corrected chi connectivity index (χ1v) is 7.28. The Hall–Kier alpha value is -1.95. The molecule has 0 bridgehead atoms. The first-order chi connectivity index (χ1) is 10.1. The Morgan fingerprint density at radius 2 is 2.10 bits per heavy atom. The van der Waals surface area contributed by atoms with E-state index < -0.39 is 12.0 Å². The zero-order chi connectivity index (χ0) is 15.2. The van der Waals surface area contributed by atoms with Gasteiger partial charge in [-0.3, -0.25) is 19.8 Å². The van der Waals surface area contributed by atoms with Crippen molar-refractivity contribution in [2.24, 2.45) is 0 Å². The quantitative estimate of drug-likeness (QED) is 0.665. The molecule has 0 aromatic heterocycles. The zero-order valence-electron chi connectivity index (χ0n) is 11.9. The molecule has 1 saturated heterocycles. The molecule has 0 amide bonds. The molecule has 1 fully saturated rings. The summed E-state index contributed by atoms with van der Waals surface area (Å²) in [5.74, 6) is -0.792. The number of rotatable bonds is 5. The fourth-order valence-corrected chi connectivity index (χ4v) is 2.88. The van der Waals surface area contributed by atoms with Gasteiger partial charge in [0.15, 0.2) is 0 Å². The summed E-state index contributed by atoms with van der Waals surface area (Å²) in [5.41, 5.74) is 0.773. The molecular formula is C15H20N2O4. The predicted octanol–water partition coefficient (Wildman–Crippen LogP) is 2.47. The van der Waals surface area contributed by atoms with Crippen molar-refractivity contribution in [1.29, 1.82) is 0 Å². The molecule has 1 aromatic rings. The molecule has 1 N–H and O–H groups in total. The van der Waals surface area contributed by atoms with Crippen LogP contribution in [0.3, 0.4) is 0 Å². The van der Waals surface area contributed by atoms with Crippen LogP contribution < -0.4 is 0 Å². The molecule has 2 rings (SSSR count). The lowest BCUT2D eigenvalue weighted by Gasteiger charge is -2.26. The van der Waals surface area contributed by atoms with Crippen LogP contribution in [0.15, 0.2) is 24.3 Å². The molecule has 0 aliphatic carbocycles. The Bertz CT molecular complexity index is 518. The van der Waals surface area contributed by atoms with Crippen LogP contribution in [0.2, 0.25) is 0 Å². The third-order valence-electron chi connectivity index (χ3n) is 4.01. The van der Waals surface area contributed by atoms with Crippen LogP contribution in [-0.2, 0) is 11.2 Å². The van der Waals surface area contributed by atoms with E-state index in [9.17, 15) is 20.0 Å². The van der Waals surface area contributed by atoms with Gasteiger partial charge in [0.05, 0.1) is 4.92 Å². The standard InChI is InChI=1S/C15H20N2O4/c18-15(19)14-8-2-1-5-10-16(14)11-9-12-6-3-4-7-13(12)17(20)21/h3-4,6-7,14H,1-2,5,8-11H2,(H,18,19). The van der Waals surface area contributed by atoms with Gasteiger partial charge in [-0.25, -0.2) is 0 Å². The number of benzene rings is 1. The van der Waals surface area contributed by atoms with Gasteiger partial charge in [-0.15, -0.1) is 0 Å². The van der Waals surface area contributed by atoms with E-state index in [0.29, 0.717) is 24.9 Å². The molecule has 0 saturated carbocycles. The minimum atomic E-state index is -0.792. The number of carboxylic acids is 1. The first-order valence-electron chi connectivity index (χ1n) is 7.28. The van der Waals surface area contributed by atoms with Gasteiger partial charge < -0.3 is 5.11 Å². The van der Waals surface area contributed by atoms with Crippen molar-refractivity contribution in [2.75, 3.05) is 13.1 Å². The van der Waals surface area contributed by atoms with Crippen LogP contribution in [0, 0.1) is 10.1 Å². The molecule has 114 valence electrons. The van der Waals surface area contributed by atoms with Crippen molar-refractivity contribution in [3.8, 4) is 0 Å². The first kappa shape index (κ1) is 15.4. The topological polar surface area (TPSA) is 83.7 Å². The lowest BCUT2D eigenvalue weighted by Crippen LogP contribution is -2.41. The maximum atomic E-state index is 11.4. The number of nitrogens with zero attached hydrogens (tertiary/aromatic N) is 2. The molecule has 0 radical (unpaired) electrons. The molecule has 21 heavy (non-hydrogen) atoms. The van der Waals surface area contributed by atoms with E-state index in [1.807, 2.05) is 4.90 Å². The number of hydrogen-bond donors (Lipinski definition) is 1. The highest BCUT2D eigenvalue weighted by Gasteiger charge is 2.27. The van der Waals surface area contributed by atoms with Crippen LogP contribution >= 0.6 is 0 Å². The number of carbonyl (C=O) groups is 1. The SMILES string of the molecule is O=C(O)C1CCCCCN1CCc1ccccc1[N+](=O)[O-]. The van der Waals surface area contributed by atoms with E-state index in [0.717, 1.165) is 25.8 Å². The van der Waals surface area contributed by atoms with Crippen molar-refractivity contribution in [3.63, 3.8) is 0 Å². The smallest absolute Gasteiger partial charge is 0.320 e. The highest BCUT2D eigenvalue weighted by molar-refractivity contribution is 5.73. The Kier molecular flexibility index (Phi) is 5.27. The summed E-state index contributed by atoms with van der Waals surface area (Å²) >= 11 is 0. The summed E-state index contributed by atoms with van der Waals surface area (Å²) in [7, 11) is 0. The Balaban J connectivity index is 2.07. The van der Waals surface area contributed by atoms with Crippen molar-refractivity contribution in [3.05, 3.63) is 39.9 Å². The van der Waals surface area contributed by atoms with E-state index in [4.69, 9.17) is 0 Å². The summed E-state index contributed by atoms with van der Waals surface area (Å²) in [4.78, 5) is 23.9. The molecular weight excluding hydrogens is 272 g/mol. The average molecular weight is 292 g/mol. The van der Waals surface area contributed by atoms with Gasteiger partial charge >= 0.3 is 5.97 Å². The lowest BCUT2D eigenvalue weighted by atomic mass is 10.1. The monoisotopic (exact) mass is 292 g/mol. The van der Waals surface area contributed by atoms with E-state index in [2.05, 4.69) is 0 Å². The minimum Gasteiger partial charge on any atom is -0.480 e. The molecule has 6 heteroatoms. The van der Waals surface area contributed by atoms with Gasteiger partial charge in [0.2, 0.25) is 0 Å². The van der Waals surface area contributed by atoms with Gasteiger partial charge in [0, 0.05) is 18.2 Å². The predicted molar refractivity (Wildman–Crippen MR) is 78.3 cm³/mol. The van der Waals surface area contributed by atoms with E-state index >= 15 is 0 Å². The van der Waals surface area contributed by atoms with E-state index in [1.165, 1.54) is 6.07 Å². The number of para-hydroxylation sites is 1. The van der Waals surface area contributed by atoms with E-state index in [1.54, 1.807) is 18.2 Å². The Morgan fingerprint density at radius 1 is 1.33 bits per heavy atom. The second-order valence-corrected chi connectivity index (χ2v) is 5.38. The fourth-order valence-electron chi connectivity index (χ4n) is 2.88. The van der Waals surface area contributed by atoms with Gasteiger partial charge in [0.25, 0.3) is 5.69 Å². The number of nitro benzene ring substituents is 1. The number of likely N-dealkylation sites (tertiary alicyclic amines) is 1. The normalized spacial score (nSPS) is 19.9. The number of carboxylic acid groups (broad SMARTS) is 1. The second kappa shape index (κ2) is 7.17. The third-order valence-corrected chi connectivity index (χ3v) is 4.01. The number of nitro groups is 1. The molecule has 1 heterocycles. The maximum absolute atomic E-state index is 11.4. The summed E-state index contributed by atoms with van der Waals surface area (Å²) in [6.07, 6.45) is 4.12. The molecule has 1 aliphatic heterocycles. The number of hydrogen-bond acceptors (Lipinski definition) is 4. The molecule has 1 aliphatic rings. The summed E-state index contributed by atoms with van der Waals surface area (Å²) in [5, 5.41) is 20.3. The molecule has 1 aromatic carbocycles. The fraction of sp³-hybridized carbons (Fsp3) is 0.533. The van der Waals surface area contributed by atoms with Crippen LogP contribution in [0.5, 0.6) is 0 Å². The average Bonchev–Trinajstić information content (AvgIpc) is 2.70. The maximum Gasteiger partial charge on any atom is 0.320 e. The van der Waals surface area contributed by atoms with Crippen LogP contribution in [0.4, 0.5) is 5.69 Å². The summed E-state index contributed by atoms with van der Waals surface area (Å²) in [6, 6.07) is 6.20. The molecule has 1 atom stereocenters. The van der Waals surface area contributed by atoms with Crippen molar-refractivity contribution in [1.82, 2.24) is 4.90 Å². The van der Waals surface area contributed by atoms with Crippen molar-refractivity contribution >= 4 is 11.7 Å². The van der Waals surface area contributed by atoms with Crippen molar-refractivity contribution in [2.45, 2.75) is 38.1 Å². The largest absolute Gasteiger partial charge is 0.480 e. The molecule has 1 unspecified atom stereocenters. The second-order valence-electron chi connectivity index (χ2n) is 5.38. The summed E-state index contributed by atoms with van der Waals surface area (Å²) < 4.78 is 0. The highest BCUT2D eigenvalue weighted by Crippen LogP contribution is 2.21. The van der Waals surface area contributed by atoms with Crippen LogP contribution in [0.25, 0.3) is 0 Å². The highest BCUT2D eigenvalue weighted by atomic mass is 16.6. The minimum absolute atomic E-state index is 0.110. The Labute approximate surface area is 123 Å². The summed E-state index contributed by atoms with van der Waals surface area (Å²) in [6.45, 7) is 1.29. The lowest BCUT2D eigenvalue weighted by molar-refractivity contribution is -0.385. The molecule has 0 spiro atoms. The van der Waals surface area contributed by atoms with Crippen LogP contribution in [-0.4, -0.2) is 40.0 Å². The van der Waals surface area contributed by atoms with Gasteiger partial charge in [-0.2, -0.15) is 0 Å². The third kappa shape index (κ3) is 4.01. The van der Waals surface area contributed by atoms with Gasteiger partial charge in [-0.05, 0) is 25.8 Å².